The molecule has 16 heavy (non-hydrogen) atoms. The van der Waals surface area contributed by atoms with E-state index in [2.05, 4.69) is 17.1 Å². The number of rotatable bonds is 5. The molecule has 0 saturated carbocycles. The first-order valence-corrected chi connectivity index (χ1v) is 6.29. The Morgan fingerprint density at radius 2 is 1.94 bits per heavy atom. The Bertz CT molecular complexity index is 212. The molecule has 1 amide bonds. The minimum absolute atomic E-state index is 0.210. The molecule has 0 aromatic heterocycles. The summed E-state index contributed by atoms with van der Waals surface area (Å²) in [5.74, 6) is 0.941. The first-order chi connectivity index (χ1) is 7.67. The molecule has 0 radical (unpaired) electrons. The van der Waals surface area contributed by atoms with Crippen molar-refractivity contribution in [2.75, 3.05) is 46.3 Å². The van der Waals surface area contributed by atoms with E-state index in [1.807, 2.05) is 11.9 Å². The number of hydrogen-bond acceptors (Lipinski definition) is 3. The number of amides is 1. The average Bonchev–Trinajstić information content (AvgIpc) is 2.29. The maximum absolute atomic E-state index is 11.2. The molecule has 1 unspecified atom stereocenters. The van der Waals surface area contributed by atoms with Crippen molar-refractivity contribution in [3.63, 3.8) is 0 Å². The van der Waals surface area contributed by atoms with Crippen molar-refractivity contribution in [1.29, 1.82) is 0 Å². The largest absolute Gasteiger partial charge is 0.340 e. The van der Waals surface area contributed by atoms with Gasteiger partial charge in [-0.15, -0.1) is 0 Å². The van der Waals surface area contributed by atoms with Crippen LogP contribution >= 0.6 is 0 Å². The highest BCUT2D eigenvalue weighted by atomic mass is 16.2. The van der Waals surface area contributed by atoms with Crippen LogP contribution in [0.3, 0.4) is 0 Å². The van der Waals surface area contributed by atoms with Crippen molar-refractivity contribution in [3.05, 3.63) is 0 Å². The predicted molar refractivity (Wildman–Crippen MR) is 66.4 cm³/mol. The molecule has 4 nitrogen and oxygen atoms in total. The van der Waals surface area contributed by atoms with Gasteiger partial charge in [-0.25, -0.2) is 0 Å². The van der Waals surface area contributed by atoms with E-state index in [0.29, 0.717) is 0 Å². The van der Waals surface area contributed by atoms with Gasteiger partial charge in [0.25, 0.3) is 0 Å². The Balaban J connectivity index is 2.28. The molecule has 1 heterocycles. The van der Waals surface area contributed by atoms with Gasteiger partial charge in [0.1, 0.15) is 0 Å². The molecule has 0 spiro atoms. The highest BCUT2D eigenvalue weighted by molar-refractivity contribution is 5.73. The van der Waals surface area contributed by atoms with E-state index in [4.69, 9.17) is 0 Å². The second kappa shape index (κ2) is 6.86. The van der Waals surface area contributed by atoms with Gasteiger partial charge in [-0.1, -0.05) is 13.3 Å². The van der Waals surface area contributed by atoms with Gasteiger partial charge in [0.05, 0.1) is 0 Å². The molecule has 0 aromatic carbocycles. The molecule has 1 saturated heterocycles. The fourth-order valence-corrected chi connectivity index (χ4v) is 2.24. The Kier molecular flexibility index (Phi) is 5.77. The lowest BCUT2D eigenvalue weighted by Crippen LogP contribution is -2.49. The molecule has 0 aliphatic carbocycles. The molecule has 1 aliphatic rings. The van der Waals surface area contributed by atoms with E-state index in [1.54, 1.807) is 6.92 Å². The van der Waals surface area contributed by atoms with E-state index >= 15 is 0 Å². The van der Waals surface area contributed by atoms with Gasteiger partial charge in [-0.2, -0.15) is 0 Å². The highest BCUT2D eigenvalue weighted by Crippen LogP contribution is 2.08. The van der Waals surface area contributed by atoms with E-state index < -0.39 is 0 Å². The number of hydrogen-bond donors (Lipinski definition) is 1. The summed E-state index contributed by atoms with van der Waals surface area (Å²) < 4.78 is 0. The van der Waals surface area contributed by atoms with Gasteiger partial charge in [-0.3, -0.25) is 9.69 Å². The standard InChI is InChI=1S/C12H25N3O/c1-4-12(9-13-3)10-14-5-7-15(8-6-14)11(2)16/h12-13H,4-10H2,1-3H3. The van der Waals surface area contributed by atoms with Crippen molar-refractivity contribution >= 4 is 5.91 Å². The fourth-order valence-electron chi connectivity index (χ4n) is 2.24. The number of piperazine rings is 1. The van der Waals surface area contributed by atoms with Crippen LogP contribution in [0.2, 0.25) is 0 Å². The molecule has 1 atom stereocenters. The van der Waals surface area contributed by atoms with Crippen LogP contribution in [0.15, 0.2) is 0 Å². The minimum Gasteiger partial charge on any atom is -0.340 e. The van der Waals surface area contributed by atoms with Crippen molar-refractivity contribution in [1.82, 2.24) is 15.1 Å². The molecule has 1 aliphatic heterocycles. The first-order valence-electron chi connectivity index (χ1n) is 6.29. The maximum atomic E-state index is 11.2. The smallest absolute Gasteiger partial charge is 0.219 e. The molecule has 1 rings (SSSR count). The third-order valence-corrected chi connectivity index (χ3v) is 3.40. The lowest BCUT2D eigenvalue weighted by Gasteiger charge is -2.35. The number of nitrogens with zero attached hydrogens (tertiary/aromatic N) is 2. The Morgan fingerprint density at radius 3 is 2.38 bits per heavy atom. The number of carbonyl (C=O) groups is 1. The lowest BCUT2D eigenvalue weighted by atomic mass is 10.1. The van der Waals surface area contributed by atoms with E-state index in [-0.39, 0.29) is 5.91 Å². The van der Waals surface area contributed by atoms with Crippen molar-refractivity contribution in [3.8, 4) is 0 Å². The SMILES string of the molecule is CCC(CNC)CN1CCN(C(C)=O)CC1. The molecule has 1 N–H and O–H groups in total. The van der Waals surface area contributed by atoms with Gasteiger partial charge in [0.15, 0.2) is 0 Å². The molecule has 1 fully saturated rings. The Labute approximate surface area is 99.0 Å². The molecule has 94 valence electrons. The van der Waals surface area contributed by atoms with Crippen LogP contribution in [0.25, 0.3) is 0 Å². The van der Waals surface area contributed by atoms with Crippen LogP contribution < -0.4 is 5.32 Å². The quantitative estimate of drug-likeness (QED) is 0.738. The van der Waals surface area contributed by atoms with Gasteiger partial charge >= 0.3 is 0 Å². The summed E-state index contributed by atoms with van der Waals surface area (Å²) in [5.41, 5.74) is 0. The van der Waals surface area contributed by atoms with Gasteiger partial charge in [-0.05, 0) is 19.5 Å². The van der Waals surface area contributed by atoms with Crippen molar-refractivity contribution < 1.29 is 4.79 Å². The van der Waals surface area contributed by atoms with Crippen LogP contribution in [0.4, 0.5) is 0 Å². The van der Waals surface area contributed by atoms with Gasteiger partial charge < -0.3 is 10.2 Å². The fraction of sp³-hybridized carbons (Fsp3) is 0.917. The lowest BCUT2D eigenvalue weighted by molar-refractivity contribution is -0.130. The predicted octanol–water partition coefficient (Wildman–Crippen LogP) is 0.396. The summed E-state index contributed by atoms with van der Waals surface area (Å²) >= 11 is 0. The molecular formula is C12H25N3O. The summed E-state index contributed by atoms with van der Waals surface area (Å²) in [4.78, 5) is 15.6. The van der Waals surface area contributed by atoms with E-state index in [1.165, 1.54) is 6.42 Å². The number of nitrogens with one attached hydrogen (secondary N) is 1. The Hall–Kier alpha value is -0.610. The topological polar surface area (TPSA) is 35.6 Å². The average molecular weight is 227 g/mol. The summed E-state index contributed by atoms with van der Waals surface area (Å²) in [6, 6.07) is 0. The van der Waals surface area contributed by atoms with Crippen LogP contribution in [0, 0.1) is 5.92 Å². The van der Waals surface area contributed by atoms with Crippen LogP contribution in [0.5, 0.6) is 0 Å². The molecular weight excluding hydrogens is 202 g/mol. The van der Waals surface area contributed by atoms with Gasteiger partial charge in [0.2, 0.25) is 5.91 Å². The summed E-state index contributed by atoms with van der Waals surface area (Å²) in [5, 5.41) is 3.24. The number of carbonyl (C=O) groups excluding carboxylic acids is 1. The summed E-state index contributed by atoms with van der Waals surface area (Å²) in [6.45, 7) is 9.99. The third kappa shape index (κ3) is 4.10. The normalized spacial score (nSPS) is 19.8. The van der Waals surface area contributed by atoms with E-state index in [0.717, 1.165) is 45.2 Å². The Morgan fingerprint density at radius 1 is 1.31 bits per heavy atom. The molecule has 0 aromatic rings. The first kappa shape index (κ1) is 13.5. The minimum atomic E-state index is 0.210. The maximum Gasteiger partial charge on any atom is 0.219 e. The second-order valence-corrected chi connectivity index (χ2v) is 4.64. The third-order valence-electron chi connectivity index (χ3n) is 3.40. The monoisotopic (exact) mass is 227 g/mol. The van der Waals surface area contributed by atoms with Crippen molar-refractivity contribution in [2.45, 2.75) is 20.3 Å². The van der Waals surface area contributed by atoms with Crippen LogP contribution in [0.1, 0.15) is 20.3 Å². The van der Waals surface area contributed by atoms with Crippen LogP contribution in [-0.2, 0) is 4.79 Å². The molecule has 4 heteroatoms. The highest BCUT2D eigenvalue weighted by Gasteiger charge is 2.20. The zero-order chi connectivity index (χ0) is 12.0. The zero-order valence-corrected chi connectivity index (χ0v) is 10.8. The summed E-state index contributed by atoms with van der Waals surface area (Å²) in [7, 11) is 2.01. The van der Waals surface area contributed by atoms with Crippen LogP contribution in [-0.4, -0.2) is 62.0 Å². The van der Waals surface area contributed by atoms with E-state index in [9.17, 15) is 4.79 Å². The summed E-state index contributed by atoms with van der Waals surface area (Å²) in [6.07, 6.45) is 1.22. The zero-order valence-electron chi connectivity index (χ0n) is 10.8. The molecule has 0 bridgehead atoms. The second-order valence-electron chi connectivity index (χ2n) is 4.64. The van der Waals surface area contributed by atoms with Crippen molar-refractivity contribution in [2.24, 2.45) is 5.92 Å². The van der Waals surface area contributed by atoms with Gasteiger partial charge in [0, 0.05) is 39.6 Å².